The van der Waals surface area contributed by atoms with Gasteiger partial charge in [-0.1, -0.05) is 18.7 Å². The van der Waals surface area contributed by atoms with E-state index in [0.717, 1.165) is 31.3 Å². The monoisotopic (exact) mass is 248 g/mol. The molecule has 1 N–H and O–H groups in total. The van der Waals surface area contributed by atoms with Gasteiger partial charge in [-0.2, -0.15) is 0 Å². The minimum absolute atomic E-state index is 0.0637. The van der Waals surface area contributed by atoms with Gasteiger partial charge < -0.3 is 9.84 Å². The van der Waals surface area contributed by atoms with Crippen molar-refractivity contribution in [1.29, 1.82) is 0 Å². The van der Waals surface area contributed by atoms with E-state index in [9.17, 15) is 9.90 Å². The van der Waals surface area contributed by atoms with Crippen molar-refractivity contribution in [2.75, 3.05) is 0 Å². The second-order valence-electron chi connectivity index (χ2n) is 6.28. The van der Waals surface area contributed by atoms with Crippen LogP contribution in [0, 0.1) is 17.8 Å². The lowest BCUT2D eigenvalue weighted by atomic mass is 9.79. The molecule has 0 aromatic carbocycles. The Morgan fingerprint density at radius 2 is 2.11 bits per heavy atom. The molecule has 3 heteroatoms. The highest BCUT2D eigenvalue weighted by Crippen LogP contribution is 2.52. The number of hydrogen-bond donors (Lipinski definition) is 1. The maximum atomic E-state index is 11.6. The van der Waals surface area contributed by atoms with Crippen molar-refractivity contribution in [2.24, 2.45) is 17.8 Å². The fourth-order valence-corrected chi connectivity index (χ4v) is 4.01. The molecule has 0 aromatic heterocycles. The summed E-state index contributed by atoms with van der Waals surface area (Å²) in [6.45, 7) is 9.93. The Bertz CT molecular complexity index is 435. The molecule has 5 atom stereocenters. The van der Waals surface area contributed by atoms with Crippen LogP contribution < -0.4 is 0 Å². The lowest BCUT2D eigenvalue weighted by Crippen LogP contribution is -2.33. The quantitative estimate of drug-likeness (QED) is 0.406. The first kappa shape index (κ1) is 12.0. The summed E-state index contributed by atoms with van der Waals surface area (Å²) in [5.41, 5.74) is 1.07. The molecular formula is C15H20O3. The van der Waals surface area contributed by atoms with Crippen molar-refractivity contribution in [3.63, 3.8) is 0 Å². The second-order valence-corrected chi connectivity index (χ2v) is 6.28. The van der Waals surface area contributed by atoms with Crippen molar-refractivity contribution >= 4 is 5.97 Å². The molecule has 3 nitrogen and oxygen atoms in total. The van der Waals surface area contributed by atoms with Crippen molar-refractivity contribution in [3.05, 3.63) is 24.3 Å². The lowest BCUT2D eigenvalue weighted by Gasteiger charge is -2.30. The van der Waals surface area contributed by atoms with Crippen LogP contribution in [0.5, 0.6) is 0 Å². The van der Waals surface area contributed by atoms with E-state index in [1.807, 2.05) is 6.92 Å². The summed E-state index contributed by atoms with van der Waals surface area (Å²) in [4.78, 5) is 11.6. The fourth-order valence-electron chi connectivity index (χ4n) is 4.01. The summed E-state index contributed by atoms with van der Waals surface area (Å²) in [5.74, 6) is 0.353. The predicted molar refractivity (Wildman–Crippen MR) is 67.7 cm³/mol. The average molecular weight is 248 g/mol. The third-order valence-electron chi connectivity index (χ3n) is 5.16. The van der Waals surface area contributed by atoms with E-state index in [1.165, 1.54) is 0 Å². The zero-order valence-corrected chi connectivity index (χ0v) is 10.8. The summed E-state index contributed by atoms with van der Waals surface area (Å²) in [7, 11) is 0. The fraction of sp³-hybridized carbons (Fsp3) is 0.667. The van der Waals surface area contributed by atoms with Crippen LogP contribution in [-0.2, 0) is 9.53 Å². The van der Waals surface area contributed by atoms with Gasteiger partial charge in [0, 0.05) is 17.9 Å². The number of esters is 1. The second kappa shape index (κ2) is 3.70. The standard InChI is InChI=1S/C15H20O3/c1-8-6-13-11(9(2)14(16)18-13)7-12-10(8)4-5-15(12,3)17/h10-13,17H,1-2,4-7H2,3H3/t10-,11?,12-,13+,15-/m1/s1. The Morgan fingerprint density at radius 3 is 2.83 bits per heavy atom. The molecule has 1 heterocycles. The molecule has 1 saturated heterocycles. The van der Waals surface area contributed by atoms with Crippen LogP contribution in [0.25, 0.3) is 0 Å². The van der Waals surface area contributed by atoms with Gasteiger partial charge in [-0.25, -0.2) is 4.79 Å². The SMILES string of the molecule is C=C1C(=O)O[C@H]2CC(=C)[C@H]3CC[C@@](C)(O)[C@@H]3CC12. The smallest absolute Gasteiger partial charge is 0.334 e. The number of fused-ring (bicyclic) bond motifs is 2. The van der Waals surface area contributed by atoms with Crippen LogP contribution in [0.15, 0.2) is 24.3 Å². The zero-order chi connectivity index (χ0) is 13.1. The largest absolute Gasteiger partial charge is 0.458 e. The van der Waals surface area contributed by atoms with E-state index in [0.29, 0.717) is 11.5 Å². The number of ether oxygens (including phenoxy) is 1. The Kier molecular flexibility index (Phi) is 2.46. The van der Waals surface area contributed by atoms with Gasteiger partial charge >= 0.3 is 5.97 Å². The minimum Gasteiger partial charge on any atom is -0.458 e. The van der Waals surface area contributed by atoms with Gasteiger partial charge in [0.2, 0.25) is 0 Å². The van der Waals surface area contributed by atoms with Gasteiger partial charge in [-0.3, -0.25) is 0 Å². The normalized spacial score (nSPS) is 47.6. The van der Waals surface area contributed by atoms with Gasteiger partial charge in [-0.15, -0.1) is 0 Å². The van der Waals surface area contributed by atoms with E-state index >= 15 is 0 Å². The van der Waals surface area contributed by atoms with Gasteiger partial charge in [-0.05, 0) is 38.0 Å². The maximum absolute atomic E-state index is 11.6. The highest BCUT2D eigenvalue weighted by molar-refractivity contribution is 5.90. The molecular weight excluding hydrogens is 228 g/mol. The summed E-state index contributed by atoms with van der Waals surface area (Å²) >= 11 is 0. The van der Waals surface area contributed by atoms with E-state index in [1.54, 1.807) is 0 Å². The van der Waals surface area contributed by atoms with E-state index in [4.69, 9.17) is 4.74 Å². The van der Waals surface area contributed by atoms with Crippen LogP contribution in [0.3, 0.4) is 0 Å². The van der Waals surface area contributed by atoms with Crippen molar-refractivity contribution in [1.82, 2.24) is 0 Å². The number of aliphatic hydroxyl groups is 1. The summed E-state index contributed by atoms with van der Waals surface area (Å²) in [5, 5.41) is 10.5. The van der Waals surface area contributed by atoms with Gasteiger partial charge in [0.1, 0.15) is 6.10 Å². The molecule has 0 spiro atoms. The van der Waals surface area contributed by atoms with Crippen LogP contribution in [0.2, 0.25) is 0 Å². The third-order valence-corrected chi connectivity index (χ3v) is 5.16. The molecule has 3 fully saturated rings. The first-order valence-electron chi connectivity index (χ1n) is 6.70. The Morgan fingerprint density at radius 1 is 1.39 bits per heavy atom. The molecule has 0 aromatic rings. The van der Waals surface area contributed by atoms with Crippen LogP contribution in [0.4, 0.5) is 0 Å². The van der Waals surface area contributed by atoms with Crippen LogP contribution in [-0.4, -0.2) is 22.8 Å². The average Bonchev–Trinajstić information content (AvgIpc) is 2.65. The molecule has 0 radical (unpaired) electrons. The first-order valence-corrected chi connectivity index (χ1v) is 6.70. The zero-order valence-electron chi connectivity index (χ0n) is 10.8. The van der Waals surface area contributed by atoms with Crippen molar-refractivity contribution in [2.45, 2.75) is 44.3 Å². The van der Waals surface area contributed by atoms with Gasteiger partial charge in [0.25, 0.3) is 0 Å². The number of rotatable bonds is 0. The highest BCUT2D eigenvalue weighted by atomic mass is 16.6. The Hall–Kier alpha value is -1.09. The number of hydrogen-bond acceptors (Lipinski definition) is 3. The van der Waals surface area contributed by atoms with Crippen molar-refractivity contribution < 1.29 is 14.6 Å². The predicted octanol–water partition coefficient (Wildman–Crippen LogP) is 2.21. The topological polar surface area (TPSA) is 46.5 Å². The molecule has 1 unspecified atom stereocenters. The molecule has 1 aliphatic heterocycles. The van der Waals surface area contributed by atoms with Crippen LogP contribution in [0.1, 0.15) is 32.6 Å². The minimum atomic E-state index is -0.644. The maximum Gasteiger partial charge on any atom is 0.334 e. The molecule has 3 rings (SSSR count). The van der Waals surface area contributed by atoms with E-state index < -0.39 is 5.60 Å². The number of carbonyl (C=O) groups is 1. The molecule has 98 valence electrons. The highest BCUT2D eigenvalue weighted by Gasteiger charge is 2.52. The molecule has 0 amide bonds. The van der Waals surface area contributed by atoms with Crippen LogP contribution >= 0.6 is 0 Å². The van der Waals surface area contributed by atoms with E-state index in [-0.39, 0.29) is 23.9 Å². The molecule has 18 heavy (non-hydrogen) atoms. The summed E-state index contributed by atoms with van der Waals surface area (Å²) in [6, 6.07) is 0. The van der Waals surface area contributed by atoms with Crippen molar-refractivity contribution in [3.8, 4) is 0 Å². The molecule has 0 bridgehead atoms. The summed E-state index contributed by atoms with van der Waals surface area (Å²) in [6.07, 6.45) is 3.24. The van der Waals surface area contributed by atoms with Gasteiger partial charge in [0.15, 0.2) is 0 Å². The Balaban J connectivity index is 1.94. The first-order chi connectivity index (χ1) is 8.40. The third kappa shape index (κ3) is 1.57. The number of carbonyl (C=O) groups excluding carboxylic acids is 1. The molecule has 2 aliphatic carbocycles. The lowest BCUT2D eigenvalue weighted by molar-refractivity contribution is -0.139. The molecule has 2 saturated carbocycles. The molecule has 3 aliphatic rings. The summed E-state index contributed by atoms with van der Waals surface area (Å²) < 4.78 is 5.38. The van der Waals surface area contributed by atoms with E-state index in [2.05, 4.69) is 13.2 Å². The Labute approximate surface area is 108 Å². The van der Waals surface area contributed by atoms with Gasteiger partial charge in [0.05, 0.1) is 5.60 Å².